The van der Waals surface area contributed by atoms with Crippen molar-refractivity contribution in [3.63, 3.8) is 0 Å². The third kappa shape index (κ3) is 8.19. The van der Waals surface area contributed by atoms with E-state index in [1.807, 2.05) is 0 Å². The van der Waals surface area contributed by atoms with Crippen LogP contribution in [0.2, 0.25) is 0 Å². The quantitative estimate of drug-likeness (QED) is 0.128. The molecule has 73 heavy (non-hydrogen) atoms. The lowest BCUT2D eigenvalue weighted by atomic mass is 9.96. The molecule has 0 bridgehead atoms. The van der Waals surface area contributed by atoms with Gasteiger partial charge in [-0.3, -0.25) is 0 Å². The molecule has 0 fully saturated rings. The van der Waals surface area contributed by atoms with E-state index in [1.54, 1.807) is 0 Å². The average molecular weight is 932 g/mol. The molecule has 0 N–H and O–H groups in total. The van der Waals surface area contributed by atoms with E-state index in [2.05, 4.69) is 312 Å². The van der Waals surface area contributed by atoms with Crippen LogP contribution in [-0.4, -0.2) is 4.57 Å². The van der Waals surface area contributed by atoms with Gasteiger partial charge in [-0.1, -0.05) is 218 Å². The average Bonchev–Trinajstić information content (AvgIpc) is 3.82. The first-order chi connectivity index (χ1) is 36.2. The highest BCUT2D eigenvalue weighted by Gasteiger charge is 2.25. The van der Waals surface area contributed by atoms with Gasteiger partial charge < -0.3 is 14.4 Å². The van der Waals surface area contributed by atoms with E-state index >= 15 is 0 Å². The summed E-state index contributed by atoms with van der Waals surface area (Å²) in [7, 11) is 0. The molecule has 344 valence electrons. The predicted octanol–water partition coefficient (Wildman–Crippen LogP) is 19.5. The molecule has 12 aromatic carbocycles. The van der Waals surface area contributed by atoms with E-state index in [4.69, 9.17) is 0 Å². The molecule has 0 radical (unpaired) electrons. The fourth-order valence-corrected chi connectivity index (χ4v) is 10.7. The molecule has 3 nitrogen and oxygen atoms in total. The Morgan fingerprint density at radius 3 is 1.22 bits per heavy atom. The van der Waals surface area contributed by atoms with E-state index in [9.17, 15) is 0 Å². The fourth-order valence-electron chi connectivity index (χ4n) is 10.7. The minimum atomic E-state index is 1.03. The monoisotopic (exact) mass is 931 g/mol. The summed E-state index contributed by atoms with van der Waals surface area (Å²) in [6, 6.07) is 108. The highest BCUT2D eigenvalue weighted by atomic mass is 15.2. The van der Waals surface area contributed by atoms with Gasteiger partial charge in [0.1, 0.15) is 0 Å². The van der Waals surface area contributed by atoms with Crippen molar-refractivity contribution in [3.8, 4) is 50.2 Å². The van der Waals surface area contributed by atoms with Crippen molar-refractivity contribution < 1.29 is 0 Å². The van der Waals surface area contributed by atoms with E-state index in [0.29, 0.717) is 0 Å². The number of hydrogen-bond donors (Lipinski definition) is 0. The fraction of sp³-hybridized carbons (Fsp3) is 0. The Bertz CT molecular complexity index is 3950. The van der Waals surface area contributed by atoms with Crippen molar-refractivity contribution in [2.24, 2.45) is 0 Å². The highest BCUT2D eigenvalue weighted by Crippen LogP contribution is 2.48. The van der Waals surface area contributed by atoms with E-state index in [0.717, 1.165) is 67.5 Å². The highest BCUT2D eigenvalue weighted by molar-refractivity contribution is 6.14. The number of para-hydroxylation sites is 3. The summed E-state index contributed by atoms with van der Waals surface area (Å²) in [5.41, 5.74) is 19.0. The Labute approximate surface area is 426 Å². The summed E-state index contributed by atoms with van der Waals surface area (Å²) in [6.07, 6.45) is 0. The largest absolute Gasteiger partial charge is 0.310 e. The molecule has 0 saturated carbocycles. The Kier molecular flexibility index (Phi) is 11.2. The van der Waals surface area contributed by atoms with E-state index in [-0.39, 0.29) is 0 Å². The number of rotatable bonds is 11. The van der Waals surface area contributed by atoms with E-state index in [1.165, 1.54) is 49.4 Å². The normalized spacial score (nSPS) is 11.3. The summed E-state index contributed by atoms with van der Waals surface area (Å²) in [5, 5.41) is 4.79. The number of benzene rings is 12. The lowest BCUT2D eigenvalue weighted by Crippen LogP contribution is -2.14. The van der Waals surface area contributed by atoms with Gasteiger partial charge in [-0.05, 0) is 134 Å². The van der Waals surface area contributed by atoms with Crippen LogP contribution in [-0.2, 0) is 0 Å². The molecule has 0 aliphatic rings. The predicted molar refractivity (Wildman–Crippen MR) is 309 cm³/mol. The van der Waals surface area contributed by atoms with Gasteiger partial charge in [0, 0.05) is 44.9 Å². The van der Waals surface area contributed by atoms with Crippen molar-refractivity contribution in [2.75, 3.05) is 9.80 Å². The summed E-state index contributed by atoms with van der Waals surface area (Å²) in [5.74, 6) is 0. The lowest BCUT2D eigenvalue weighted by molar-refractivity contribution is 1.17. The van der Waals surface area contributed by atoms with Crippen LogP contribution in [0.4, 0.5) is 34.1 Å². The van der Waals surface area contributed by atoms with Crippen LogP contribution in [0, 0.1) is 0 Å². The maximum Gasteiger partial charge on any atom is 0.0782 e. The van der Waals surface area contributed by atoms with Crippen LogP contribution >= 0.6 is 0 Å². The van der Waals surface area contributed by atoms with Gasteiger partial charge in [-0.25, -0.2) is 0 Å². The van der Waals surface area contributed by atoms with Crippen molar-refractivity contribution in [1.29, 1.82) is 0 Å². The standard InChI is InChI=1S/C70H49N3/c1-5-19-50(20-6-1)53-35-41-59(42-36-53)71(60-43-37-54(38-44-60)51-21-7-2-8-22-51)62-47-57(65-31-17-26-56-25-13-14-29-64(56)65)48-63(49-62)72(61-45-39-55(40-46-61)52-23-9-3-10-24-52)69-34-18-32-67-66-30-15-16-33-68(66)73(70(67)69)58-27-11-4-12-28-58/h1-49H. The van der Waals surface area contributed by atoms with Crippen LogP contribution in [0.3, 0.4) is 0 Å². The van der Waals surface area contributed by atoms with Crippen molar-refractivity contribution in [3.05, 3.63) is 297 Å². The molecule has 1 heterocycles. The lowest BCUT2D eigenvalue weighted by Gasteiger charge is -2.31. The topological polar surface area (TPSA) is 11.4 Å². The van der Waals surface area contributed by atoms with Crippen molar-refractivity contribution >= 4 is 66.7 Å². The molecule has 0 aliphatic heterocycles. The Hall–Kier alpha value is -9.70. The molecule has 13 rings (SSSR count). The second kappa shape index (κ2) is 18.9. The third-order valence-electron chi connectivity index (χ3n) is 14.1. The van der Waals surface area contributed by atoms with Gasteiger partial charge >= 0.3 is 0 Å². The van der Waals surface area contributed by atoms with Crippen molar-refractivity contribution in [2.45, 2.75) is 0 Å². The molecule has 1 aromatic heterocycles. The zero-order chi connectivity index (χ0) is 48.5. The molecule has 0 spiro atoms. The molecule has 0 unspecified atom stereocenters. The Balaban J connectivity index is 1.09. The van der Waals surface area contributed by atoms with Crippen LogP contribution in [0.25, 0.3) is 82.8 Å². The Morgan fingerprint density at radius 1 is 0.247 bits per heavy atom. The number of aromatic nitrogens is 1. The first-order valence-corrected chi connectivity index (χ1v) is 25.0. The first kappa shape index (κ1) is 43.3. The summed E-state index contributed by atoms with van der Waals surface area (Å²) in [4.78, 5) is 4.89. The van der Waals surface area contributed by atoms with Crippen LogP contribution in [0.5, 0.6) is 0 Å². The molecule has 13 aromatic rings. The molecular formula is C70H49N3. The van der Waals surface area contributed by atoms with Crippen LogP contribution in [0.1, 0.15) is 0 Å². The van der Waals surface area contributed by atoms with E-state index < -0.39 is 0 Å². The second-order valence-corrected chi connectivity index (χ2v) is 18.5. The number of hydrogen-bond acceptors (Lipinski definition) is 2. The van der Waals surface area contributed by atoms with Gasteiger partial charge in [-0.15, -0.1) is 0 Å². The zero-order valence-corrected chi connectivity index (χ0v) is 40.1. The Morgan fingerprint density at radius 2 is 0.658 bits per heavy atom. The number of nitrogens with zero attached hydrogens (tertiary/aromatic N) is 3. The zero-order valence-electron chi connectivity index (χ0n) is 40.1. The van der Waals surface area contributed by atoms with Crippen LogP contribution in [0.15, 0.2) is 297 Å². The minimum Gasteiger partial charge on any atom is -0.310 e. The number of anilines is 6. The smallest absolute Gasteiger partial charge is 0.0782 e. The first-order valence-electron chi connectivity index (χ1n) is 25.0. The minimum absolute atomic E-state index is 1.03. The number of fused-ring (bicyclic) bond motifs is 4. The summed E-state index contributed by atoms with van der Waals surface area (Å²) < 4.78 is 2.44. The third-order valence-corrected chi connectivity index (χ3v) is 14.1. The van der Waals surface area contributed by atoms with Crippen molar-refractivity contribution in [1.82, 2.24) is 4.57 Å². The van der Waals surface area contributed by atoms with Gasteiger partial charge in [0.2, 0.25) is 0 Å². The molecule has 0 saturated heterocycles. The van der Waals surface area contributed by atoms with Gasteiger partial charge in [0.15, 0.2) is 0 Å². The molecule has 0 aliphatic carbocycles. The maximum atomic E-state index is 2.47. The van der Waals surface area contributed by atoms with Gasteiger partial charge in [0.05, 0.1) is 16.7 Å². The molecule has 0 amide bonds. The summed E-state index contributed by atoms with van der Waals surface area (Å²) in [6.45, 7) is 0. The maximum absolute atomic E-state index is 2.47. The van der Waals surface area contributed by atoms with Gasteiger partial charge in [-0.2, -0.15) is 0 Å². The summed E-state index contributed by atoms with van der Waals surface area (Å²) >= 11 is 0. The second-order valence-electron chi connectivity index (χ2n) is 18.5. The van der Waals surface area contributed by atoms with Gasteiger partial charge in [0.25, 0.3) is 0 Å². The SMILES string of the molecule is c1ccc(-c2ccc(N(c3ccc(-c4ccccc4)cc3)c3cc(-c4cccc5ccccc45)cc(N(c4ccc(-c5ccccc5)cc4)c4cccc5c6ccccc6n(-c6ccccc6)c45)c3)cc2)cc1. The van der Waals surface area contributed by atoms with Crippen LogP contribution < -0.4 is 9.80 Å². The molecule has 0 atom stereocenters. The molecule has 3 heteroatoms. The molecular weight excluding hydrogens is 883 g/mol.